The Kier molecular flexibility index (Phi) is 4.51. The predicted octanol–water partition coefficient (Wildman–Crippen LogP) is 4.46. The first kappa shape index (κ1) is 16.4. The molecular formula is C21H19O2P. The van der Waals surface area contributed by atoms with Gasteiger partial charge in [0.2, 0.25) is 12.7 Å². The molecule has 3 aromatic carbocycles. The SMILES string of the molecule is Cc1ccc(C)c(C(=O)P(=O)(c2ccccc2)c2ccccc2)c1. The highest BCUT2D eigenvalue weighted by molar-refractivity contribution is 7.93. The maximum Gasteiger partial charge on any atom is 0.230 e. The van der Waals surface area contributed by atoms with Crippen molar-refractivity contribution in [1.29, 1.82) is 0 Å². The van der Waals surface area contributed by atoms with Crippen LogP contribution in [0.25, 0.3) is 0 Å². The van der Waals surface area contributed by atoms with Gasteiger partial charge in [0.05, 0.1) is 0 Å². The molecule has 0 radical (unpaired) electrons. The Balaban J connectivity index is 2.25. The minimum absolute atomic E-state index is 0.305. The molecule has 24 heavy (non-hydrogen) atoms. The fourth-order valence-electron chi connectivity index (χ4n) is 2.80. The molecular weight excluding hydrogens is 315 g/mol. The minimum Gasteiger partial charge on any atom is -0.305 e. The molecule has 0 atom stereocenters. The third-order valence-corrected chi connectivity index (χ3v) is 7.01. The van der Waals surface area contributed by atoms with Crippen LogP contribution in [-0.2, 0) is 4.57 Å². The zero-order valence-corrected chi connectivity index (χ0v) is 14.7. The van der Waals surface area contributed by atoms with Crippen molar-refractivity contribution in [3.05, 3.63) is 95.6 Å². The van der Waals surface area contributed by atoms with Gasteiger partial charge in [-0.3, -0.25) is 4.79 Å². The largest absolute Gasteiger partial charge is 0.305 e. The Morgan fingerprint density at radius 2 is 1.25 bits per heavy atom. The average Bonchev–Trinajstić information content (AvgIpc) is 2.64. The van der Waals surface area contributed by atoms with E-state index in [1.165, 1.54) is 0 Å². The van der Waals surface area contributed by atoms with Crippen LogP contribution < -0.4 is 10.6 Å². The number of benzene rings is 3. The highest BCUT2D eigenvalue weighted by Gasteiger charge is 2.37. The van der Waals surface area contributed by atoms with Gasteiger partial charge in [-0.15, -0.1) is 0 Å². The van der Waals surface area contributed by atoms with Crippen molar-refractivity contribution in [2.45, 2.75) is 13.8 Å². The van der Waals surface area contributed by atoms with E-state index in [0.717, 1.165) is 11.1 Å². The number of hydrogen-bond acceptors (Lipinski definition) is 2. The average molecular weight is 334 g/mol. The Hall–Kier alpha value is -2.44. The third-order valence-electron chi connectivity index (χ3n) is 4.15. The summed E-state index contributed by atoms with van der Waals surface area (Å²) >= 11 is 0. The lowest BCUT2D eigenvalue weighted by Crippen LogP contribution is -2.23. The lowest BCUT2D eigenvalue weighted by molar-refractivity contribution is 0.107. The number of hydrogen-bond donors (Lipinski definition) is 0. The van der Waals surface area contributed by atoms with Crippen molar-refractivity contribution < 1.29 is 9.36 Å². The normalized spacial score (nSPS) is 11.2. The molecule has 0 heterocycles. The van der Waals surface area contributed by atoms with Crippen molar-refractivity contribution in [3.8, 4) is 0 Å². The summed E-state index contributed by atoms with van der Waals surface area (Å²) in [5.41, 5.74) is 2.06. The monoisotopic (exact) mass is 334 g/mol. The first-order chi connectivity index (χ1) is 11.5. The number of carbonyl (C=O) groups is 1. The Bertz CT molecular complexity index is 872. The van der Waals surface area contributed by atoms with E-state index in [9.17, 15) is 9.36 Å². The summed E-state index contributed by atoms with van der Waals surface area (Å²) in [5, 5.41) is 1.14. The zero-order valence-electron chi connectivity index (χ0n) is 13.8. The maximum absolute atomic E-state index is 14.0. The van der Waals surface area contributed by atoms with Crippen LogP contribution in [-0.4, -0.2) is 5.52 Å². The Morgan fingerprint density at radius 3 is 1.75 bits per heavy atom. The van der Waals surface area contributed by atoms with Gasteiger partial charge in [-0.2, -0.15) is 0 Å². The highest BCUT2D eigenvalue weighted by atomic mass is 31.2. The highest BCUT2D eigenvalue weighted by Crippen LogP contribution is 2.47. The van der Waals surface area contributed by atoms with Crippen LogP contribution in [0.1, 0.15) is 21.5 Å². The molecule has 3 aromatic rings. The molecule has 0 N–H and O–H groups in total. The van der Waals surface area contributed by atoms with Crippen LogP contribution in [0.3, 0.4) is 0 Å². The summed E-state index contributed by atoms with van der Waals surface area (Å²) in [4.78, 5) is 13.4. The molecule has 3 rings (SSSR count). The fraction of sp³-hybridized carbons (Fsp3) is 0.0952. The summed E-state index contributed by atoms with van der Waals surface area (Å²) < 4.78 is 14.0. The van der Waals surface area contributed by atoms with Crippen molar-refractivity contribution in [2.75, 3.05) is 0 Å². The fourth-order valence-corrected chi connectivity index (χ4v) is 5.33. The van der Waals surface area contributed by atoms with Crippen molar-refractivity contribution in [1.82, 2.24) is 0 Å². The molecule has 0 saturated heterocycles. The maximum atomic E-state index is 14.0. The van der Waals surface area contributed by atoms with Gasteiger partial charge in [-0.05, 0) is 25.5 Å². The molecule has 0 fully saturated rings. The molecule has 0 bridgehead atoms. The van der Waals surface area contributed by atoms with Crippen molar-refractivity contribution >= 4 is 23.3 Å². The topological polar surface area (TPSA) is 34.1 Å². The van der Waals surface area contributed by atoms with Gasteiger partial charge in [-0.25, -0.2) is 0 Å². The molecule has 0 aliphatic heterocycles. The van der Waals surface area contributed by atoms with E-state index in [4.69, 9.17) is 0 Å². The van der Waals surface area contributed by atoms with E-state index in [0.29, 0.717) is 16.2 Å². The van der Waals surface area contributed by atoms with Crippen LogP contribution >= 0.6 is 7.14 Å². The van der Waals surface area contributed by atoms with Crippen LogP contribution in [0.2, 0.25) is 0 Å². The quantitative estimate of drug-likeness (QED) is 0.660. The molecule has 0 unspecified atom stereocenters. The van der Waals surface area contributed by atoms with E-state index < -0.39 is 7.14 Å². The van der Waals surface area contributed by atoms with E-state index in [1.54, 1.807) is 24.3 Å². The van der Waals surface area contributed by atoms with Crippen LogP contribution in [0, 0.1) is 13.8 Å². The summed E-state index contributed by atoms with van der Waals surface area (Å²) in [6.07, 6.45) is 0. The van der Waals surface area contributed by atoms with Crippen LogP contribution in [0.15, 0.2) is 78.9 Å². The summed E-state index contributed by atoms with van der Waals surface area (Å²) in [6, 6.07) is 23.8. The standard InChI is InChI=1S/C21H19O2P/c1-16-13-14-17(2)20(15-16)21(22)24(23,18-9-5-3-6-10-18)19-11-7-4-8-12-19/h3-15H,1-2H3. The first-order valence-corrected chi connectivity index (χ1v) is 9.57. The first-order valence-electron chi connectivity index (χ1n) is 7.87. The van der Waals surface area contributed by atoms with Crippen LogP contribution in [0.4, 0.5) is 0 Å². The zero-order chi connectivity index (χ0) is 17.2. The summed E-state index contributed by atoms with van der Waals surface area (Å²) in [5.74, 6) is 0. The third kappa shape index (κ3) is 2.86. The van der Waals surface area contributed by atoms with Crippen molar-refractivity contribution in [3.63, 3.8) is 0 Å². The lowest BCUT2D eigenvalue weighted by atomic mass is 10.1. The summed E-state index contributed by atoms with van der Waals surface area (Å²) in [6.45, 7) is 3.82. The predicted molar refractivity (Wildman–Crippen MR) is 100 cm³/mol. The number of rotatable bonds is 4. The molecule has 0 aliphatic carbocycles. The van der Waals surface area contributed by atoms with Crippen molar-refractivity contribution in [2.24, 2.45) is 0 Å². The number of carbonyl (C=O) groups excluding carboxylic acids is 1. The lowest BCUT2D eigenvalue weighted by Gasteiger charge is -2.19. The van der Waals surface area contributed by atoms with E-state index in [-0.39, 0.29) is 5.52 Å². The van der Waals surface area contributed by atoms with Gasteiger partial charge < -0.3 is 4.57 Å². The summed E-state index contributed by atoms with van der Waals surface area (Å²) in [7, 11) is -3.42. The van der Waals surface area contributed by atoms with Gasteiger partial charge in [0.15, 0.2) is 0 Å². The second-order valence-electron chi connectivity index (χ2n) is 5.90. The van der Waals surface area contributed by atoms with Gasteiger partial charge in [-0.1, -0.05) is 78.4 Å². The smallest absolute Gasteiger partial charge is 0.230 e. The molecule has 3 heteroatoms. The molecule has 0 spiro atoms. The van der Waals surface area contributed by atoms with E-state index in [1.807, 2.05) is 68.4 Å². The van der Waals surface area contributed by atoms with Crippen LogP contribution in [0.5, 0.6) is 0 Å². The molecule has 0 saturated carbocycles. The Labute approximate surface area is 142 Å². The molecule has 0 aliphatic rings. The molecule has 120 valence electrons. The van der Waals surface area contributed by atoms with Gasteiger partial charge in [0, 0.05) is 16.2 Å². The van der Waals surface area contributed by atoms with Gasteiger partial charge in [0.1, 0.15) is 0 Å². The molecule has 2 nitrogen and oxygen atoms in total. The minimum atomic E-state index is -3.42. The van der Waals surface area contributed by atoms with Gasteiger partial charge >= 0.3 is 0 Å². The second-order valence-corrected chi connectivity index (χ2v) is 8.56. The van der Waals surface area contributed by atoms with E-state index in [2.05, 4.69) is 0 Å². The molecule has 0 amide bonds. The van der Waals surface area contributed by atoms with E-state index >= 15 is 0 Å². The number of aryl methyl sites for hydroxylation is 2. The van der Waals surface area contributed by atoms with Gasteiger partial charge in [0.25, 0.3) is 0 Å². The Morgan fingerprint density at radius 1 is 0.750 bits per heavy atom. The molecule has 0 aromatic heterocycles. The second kappa shape index (κ2) is 6.59.